The highest BCUT2D eigenvalue weighted by Gasteiger charge is 2.05. The lowest BCUT2D eigenvalue weighted by Gasteiger charge is -2.11. The molecule has 0 bridgehead atoms. The van der Waals surface area contributed by atoms with Crippen LogP contribution in [0.1, 0.15) is 25.3 Å². The molecule has 0 heterocycles. The van der Waals surface area contributed by atoms with Crippen molar-refractivity contribution in [1.29, 1.82) is 0 Å². The van der Waals surface area contributed by atoms with E-state index in [0.717, 1.165) is 5.75 Å². The zero-order valence-electron chi connectivity index (χ0n) is 9.42. The van der Waals surface area contributed by atoms with Crippen LogP contribution in [0, 0.1) is 3.57 Å². The van der Waals surface area contributed by atoms with Crippen molar-refractivity contribution >= 4 is 22.6 Å². The summed E-state index contributed by atoms with van der Waals surface area (Å²) in [6.07, 6.45) is 0. The van der Waals surface area contributed by atoms with Crippen LogP contribution >= 0.6 is 22.6 Å². The van der Waals surface area contributed by atoms with Gasteiger partial charge in [0.15, 0.2) is 0 Å². The third-order valence-electron chi connectivity index (χ3n) is 2.15. The molecule has 0 aliphatic rings. The molecule has 0 radical (unpaired) electrons. The van der Waals surface area contributed by atoms with Crippen molar-refractivity contribution in [3.63, 3.8) is 0 Å². The second kappa shape index (κ2) is 6.33. The minimum atomic E-state index is 0.560. The Morgan fingerprint density at radius 3 is 2.53 bits per heavy atom. The summed E-state index contributed by atoms with van der Waals surface area (Å²) in [5, 5.41) is 0. The van der Waals surface area contributed by atoms with Gasteiger partial charge < -0.3 is 9.47 Å². The summed E-state index contributed by atoms with van der Waals surface area (Å²) in [5.41, 5.74) is 1.37. The van der Waals surface area contributed by atoms with E-state index in [4.69, 9.17) is 9.47 Å². The van der Waals surface area contributed by atoms with Gasteiger partial charge in [-0.1, -0.05) is 19.9 Å². The average Bonchev–Trinajstić information content (AvgIpc) is 2.17. The lowest BCUT2D eigenvalue weighted by atomic mass is 10.0. The predicted molar refractivity (Wildman–Crippen MR) is 70.6 cm³/mol. The van der Waals surface area contributed by atoms with Crippen molar-refractivity contribution < 1.29 is 9.47 Å². The Balaban J connectivity index is 2.65. The zero-order valence-corrected chi connectivity index (χ0v) is 11.6. The minimum absolute atomic E-state index is 0.560. The maximum atomic E-state index is 5.53. The molecule has 1 rings (SSSR count). The zero-order chi connectivity index (χ0) is 11.3. The van der Waals surface area contributed by atoms with E-state index < -0.39 is 0 Å². The summed E-state index contributed by atoms with van der Waals surface area (Å²) in [5.74, 6) is 1.48. The third-order valence-corrected chi connectivity index (χ3v) is 3.08. The van der Waals surface area contributed by atoms with Crippen molar-refractivity contribution in [3.8, 4) is 5.75 Å². The van der Waals surface area contributed by atoms with Crippen LogP contribution in [0.15, 0.2) is 18.2 Å². The molecule has 0 saturated carbocycles. The van der Waals surface area contributed by atoms with Gasteiger partial charge in [0.2, 0.25) is 0 Å². The van der Waals surface area contributed by atoms with E-state index in [2.05, 4.69) is 48.6 Å². The molecule has 15 heavy (non-hydrogen) atoms. The van der Waals surface area contributed by atoms with E-state index >= 15 is 0 Å². The molecule has 0 fully saturated rings. The molecule has 1 aromatic rings. The van der Waals surface area contributed by atoms with Crippen molar-refractivity contribution in [2.45, 2.75) is 19.8 Å². The van der Waals surface area contributed by atoms with Crippen molar-refractivity contribution in [2.75, 3.05) is 20.3 Å². The van der Waals surface area contributed by atoms with Crippen LogP contribution in [0.2, 0.25) is 0 Å². The Bertz CT molecular complexity index is 310. The van der Waals surface area contributed by atoms with Gasteiger partial charge in [0, 0.05) is 10.7 Å². The summed E-state index contributed by atoms with van der Waals surface area (Å²) in [7, 11) is 1.68. The Hall–Kier alpha value is -0.290. The van der Waals surface area contributed by atoms with Crippen molar-refractivity contribution in [1.82, 2.24) is 0 Å². The largest absolute Gasteiger partial charge is 0.491 e. The van der Waals surface area contributed by atoms with Crippen LogP contribution in [-0.4, -0.2) is 20.3 Å². The molecule has 0 aliphatic carbocycles. The summed E-state index contributed by atoms with van der Waals surface area (Å²) < 4.78 is 11.7. The van der Waals surface area contributed by atoms with E-state index in [1.165, 1.54) is 9.13 Å². The first-order valence-corrected chi connectivity index (χ1v) is 6.14. The normalized spacial score (nSPS) is 10.7. The van der Waals surface area contributed by atoms with Gasteiger partial charge in [-0.25, -0.2) is 0 Å². The van der Waals surface area contributed by atoms with Crippen molar-refractivity contribution in [3.05, 3.63) is 27.3 Å². The monoisotopic (exact) mass is 320 g/mol. The molecule has 84 valence electrons. The second-order valence-electron chi connectivity index (χ2n) is 3.68. The maximum absolute atomic E-state index is 5.53. The molecule has 1 aromatic carbocycles. The SMILES string of the molecule is COCCOc1ccc(C(C)C)c(I)c1. The quantitative estimate of drug-likeness (QED) is 0.611. The van der Waals surface area contributed by atoms with Crippen molar-refractivity contribution in [2.24, 2.45) is 0 Å². The lowest BCUT2D eigenvalue weighted by Crippen LogP contribution is -2.04. The number of hydrogen-bond donors (Lipinski definition) is 0. The summed E-state index contributed by atoms with van der Waals surface area (Å²) in [6, 6.07) is 6.23. The van der Waals surface area contributed by atoms with Gasteiger partial charge >= 0.3 is 0 Å². The number of rotatable bonds is 5. The molecule has 0 amide bonds. The van der Waals surface area contributed by atoms with Gasteiger partial charge in [-0.15, -0.1) is 0 Å². The lowest BCUT2D eigenvalue weighted by molar-refractivity contribution is 0.146. The van der Waals surface area contributed by atoms with Crippen LogP contribution in [0.5, 0.6) is 5.75 Å². The van der Waals surface area contributed by atoms with Crippen LogP contribution in [0.3, 0.4) is 0 Å². The van der Waals surface area contributed by atoms with E-state index in [0.29, 0.717) is 19.1 Å². The Labute approximate surface area is 105 Å². The predicted octanol–water partition coefficient (Wildman–Crippen LogP) is 3.44. The van der Waals surface area contributed by atoms with E-state index in [9.17, 15) is 0 Å². The molecule has 0 N–H and O–H groups in total. The van der Waals surface area contributed by atoms with Crippen LogP contribution in [-0.2, 0) is 4.74 Å². The highest BCUT2D eigenvalue weighted by atomic mass is 127. The third kappa shape index (κ3) is 3.99. The first-order valence-electron chi connectivity index (χ1n) is 5.06. The van der Waals surface area contributed by atoms with E-state index in [-0.39, 0.29) is 0 Å². The fourth-order valence-electron chi connectivity index (χ4n) is 1.31. The molecule has 3 heteroatoms. The fraction of sp³-hybridized carbons (Fsp3) is 0.500. The van der Waals surface area contributed by atoms with Crippen LogP contribution in [0.25, 0.3) is 0 Å². The number of benzene rings is 1. The molecular weight excluding hydrogens is 303 g/mol. The maximum Gasteiger partial charge on any atom is 0.120 e. The standard InChI is InChI=1S/C12H17IO2/c1-9(2)11-5-4-10(8-12(11)13)15-7-6-14-3/h4-5,8-9H,6-7H2,1-3H3. The minimum Gasteiger partial charge on any atom is -0.491 e. The first-order chi connectivity index (χ1) is 7.15. The van der Waals surface area contributed by atoms with E-state index in [1.54, 1.807) is 7.11 Å². The first kappa shape index (κ1) is 12.8. The average molecular weight is 320 g/mol. The molecule has 0 aliphatic heterocycles. The number of ether oxygens (including phenoxy) is 2. The smallest absolute Gasteiger partial charge is 0.120 e. The molecular formula is C12H17IO2. The molecule has 0 unspecified atom stereocenters. The van der Waals surface area contributed by atoms with Gasteiger partial charge in [0.05, 0.1) is 6.61 Å². The molecule has 2 nitrogen and oxygen atoms in total. The topological polar surface area (TPSA) is 18.5 Å². The highest BCUT2D eigenvalue weighted by molar-refractivity contribution is 14.1. The van der Waals surface area contributed by atoms with E-state index in [1.807, 2.05) is 6.07 Å². The Morgan fingerprint density at radius 1 is 1.27 bits per heavy atom. The number of halogens is 1. The summed E-state index contributed by atoms with van der Waals surface area (Å²) in [6.45, 7) is 5.63. The number of hydrogen-bond acceptors (Lipinski definition) is 2. The summed E-state index contributed by atoms with van der Waals surface area (Å²) in [4.78, 5) is 0. The van der Waals surface area contributed by atoms with Gasteiger partial charge in [-0.3, -0.25) is 0 Å². The number of methoxy groups -OCH3 is 1. The molecule has 0 aromatic heterocycles. The highest BCUT2D eigenvalue weighted by Crippen LogP contribution is 2.25. The van der Waals surface area contributed by atoms with Crippen LogP contribution < -0.4 is 4.74 Å². The summed E-state index contributed by atoms with van der Waals surface area (Å²) >= 11 is 2.35. The van der Waals surface area contributed by atoms with Gasteiger partial charge in [0.25, 0.3) is 0 Å². The van der Waals surface area contributed by atoms with Gasteiger partial charge in [0.1, 0.15) is 12.4 Å². The van der Waals surface area contributed by atoms with Crippen LogP contribution in [0.4, 0.5) is 0 Å². The van der Waals surface area contributed by atoms with Gasteiger partial charge in [-0.2, -0.15) is 0 Å². The Morgan fingerprint density at radius 2 is 2.00 bits per heavy atom. The second-order valence-corrected chi connectivity index (χ2v) is 4.84. The fourth-order valence-corrected chi connectivity index (χ4v) is 2.42. The molecule has 0 spiro atoms. The Kier molecular flexibility index (Phi) is 5.39. The molecule has 0 atom stereocenters. The van der Waals surface area contributed by atoms with Gasteiger partial charge in [-0.05, 0) is 46.2 Å². The molecule has 0 saturated heterocycles.